The maximum Gasteiger partial charge on any atom is 0.294 e. The molecule has 0 aliphatic carbocycles. The quantitative estimate of drug-likeness (QED) is 0.616. The molecule has 3 rings (SSSR count). The summed E-state index contributed by atoms with van der Waals surface area (Å²) in [4.78, 5) is 0.0348. The number of halogens is 1. The molecule has 0 saturated heterocycles. The van der Waals surface area contributed by atoms with E-state index in [1.54, 1.807) is 0 Å². The van der Waals surface area contributed by atoms with Gasteiger partial charge in [0.25, 0.3) is 10.0 Å². The van der Waals surface area contributed by atoms with Crippen molar-refractivity contribution in [1.29, 1.82) is 0 Å². The second-order valence-electron chi connectivity index (χ2n) is 4.97. The number of terminal acetylenes is 1. The molecule has 0 radical (unpaired) electrons. The highest BCUT2D eigenvalue weighted by Crippen LogP contribution is 2.27. The van der Waals surface area contributed by atoms with E-state index in [-0.39, 0.29) is 20.5 Å². The van der Waals surface area contributed by atoms with Gasteiger partial charge in [-0.15, -0.1) is 22.2 Å². The number of thiophene rings is 1. The van der Waals surface area contributed by atoms with Gasteiger partial charge in [0.15, 0.2) is 0 Å². The lowest BCUT2D eigenvalue weighted by Gasteiger charge is -2.01. The molecule has 0 unspecified atom stereocenters. The highest BCUT2D eigenvalue weighted by Gasteiger charge is 2.18. The van der Waals surface area contributed by atoms with Crippen LogP contribution in [0.4, 0.5) is 0 Å². The topological polar surface area (TPSA) is 112 Å². The van der Waals surface area contributed by atoms with Crippen molar-refractivity contribution in [3.8, 4) is 12.3 Å². The van der Waals surface area contributed by atoms with E-state index in [9.17, 15) is 16.8 Å². The van der Waals surface area contributed by atoms with Gasteiger partial charge < -0.3 is 4.57 Å². The number of sulfonamides is 2. The number of benzene rings is 1. The first-order chi connectivity index (χ1) is 12.1. The smallest absolute Gasteiger partial charge is 0.294 e. The lowest BCUT2D eigenvalue weighted by Crippen LogP contribution is -2.16. The summed E-state index contributed by atoms with van der Waals surface area (Å²) in [5.41, 5.74) is 0.554. The summed E-state index contributed by atoms with van der Waals surface area (Å²) in [6.45, 7) is 0.0638. The van der Waals surface area contributed by atoms with Gasteiger partial charge in [-0.25, -0.2) is 13.6 Å². The molecular formula is C14H10ClN3O4S4. The van der Waals surface area contributed by atoms with Gasteiger partial charge in [0.1, 0.15) is 4.21 Å². The fourth-order valence-electron chi connectivity index (χ4n) is 2.13. The molecule has 0 saturated carbocycles. The van der Waals surface area contributed by atoms with Crippen LogP contribution in [0.15, 0.2) is 43.8 Å². The van der Waals surface area contributed by atoms with Crippen molar-refractivity contribution in [2.75, 3.05) is 0 Å². The first kappa shape index (κ1) is 19.1. The zero-order valence-corrected chi connectivity index (χ0v) is 16.8. The van der Waals surface area contributed by atoms with Crippen LogP contribution in [-0.2, 0) is 26.6 Å². The minimum Gasteiger partial charge on any atom is -0.304 e. The highest BCUT2D eigenvalue weighted by molar-refractivity contribution is 7.92. The number of rotatable bonds is 4. The summed E-state index contributed by atoms with van der Waals surface area (Å²) in [6, 6.07) is 7.03. The molecule has 0 aliphatic rings. The maximum absolute atomic E-state index is 12.5. The predicted molar refractivity (Wildman–Crippen MR) is 102 cm³/mol. The second kappa shape index (κ2) is 6.80. The van der Waals surface area contributed by atoms with Gasteiger partial charge in [-0.3, -0.25) is 0 Å². The molecule has 1 aromatic carbocycles. The fraction of sp³-hybridized carbons (Fsp3) is 0.0714. The summed E-state index contributed by atoms with van der Waals surface area (Å²) in [6.07, 6.45) is 5.37. The Morgan fingerprint density at radius 3 is 2.50 bits per heavy atom. The second-order valence-corrected chi connectivity index (χ2v) is 11.1. The van der Waals surface area contributed by atoms with Gasteiger partial charge in [-0.05, 0) is 30.3 Å². The Balaban J connectivity index is 2.28. The number of hydrogen-bond acceptors (Lipinski definition) is 6. The van der Waals surface area contributed by atoms with E-state index >= 15 is 0 Å². The van der Waals surface area contributed by atoms with Crippen molar-refractivity contribution in [2.24, 2.45) is 9.54 Å². The van der Waals surface area contributed by atoms with Crippen LogP contribution in [0.25, 0.3) is 10.2 Å². The van der Waals surface area contributed by atoms with Crippen molar-refractivity contribution in [3.63, 3.8) is 0 Å². The molecular weight excluding hydrogens is 438 g/mol. The van der Waals surface area contributed by atoms with Gasteiger partial charge in [-0.1, -0.05) is 28.9 Å². The van der Waals surface area contributed by atoms with Gasteiger partial charge in [0.2, 0.25) is 14.8 Å². The van der Waals surface area contributed by atoms with Crippen molar-refractivity contribution in [2.45, 2.75) is 15.6 Å². The van der Waals surface area contributed by atoms with E-state index in [0.29, 0.717) is 14.6 Å². The standard InChI is InChI=1S/C14H10ClN3O4S4/c1-2-7-18-10-4-3-9(25(16,19)20)8-11(10)23-14(18)17-26(21,22)13-6-5-12(15)24-13/h1,3-6,8H,7H2,(H2,16,19,20). The van der Waals surface area contributed by atoms with Crippen LogP contribution in [-0.4, -0.2) is 21.4 Å². The number of nitrogens with two attached hydrogens (primary N) is 1. The lowest BCUT2D eigenvalue weighted by molar-refractivity contribution is 0.596. The van der Waals surface area contributed by atoms with Crippen LogP contribution >= 0.6 is 34.3 Å². The monoisotopic (exact) mass is 447 g/mol. The Labute approximate surface area is 162 Å². The van der Waals surface area contributed by atoms with Crippen molar-refractivity contribution >= 4 is 64.5 Å². The molecule has 12 heteroatoms. The summed E-state index contributed by atoms with van der Waals surface area (Å²) < 4.78 is 54.2. The molecule has 0 aliphatic heterocycles. The molecule has 0 spiro atoms. The van der Waals surface area contributed by atoms with E-state index in [2.05, 4.69) is 10.3 Å². The number of fused-ring (bicyclic) bond motifs is 1. The van der Waals surface area contributed by atoms with E-state index < -0.39 is 20.0 Å². The molecule has 2 heterocycles. The number of aromatic nitrogens is 1. The molecule has 0 fully saturated rings. The van der Waals surface area contributed by atoms with E-state index in [0.717, 1.165) is 22.7 Å². The maximum atomic E-state index is 12.5. The molecule has 0 atom stereocenters. The third-order valence-corrected chi connectivity index (χ3v) is 8.27. The van der Waals surface area contributed by atoms with Crippen molar-refractivity contribution in [3.05, 3.63) is 39.5 Å². The van der Waals surface area contributed by atoms with Crippen molar-refractivity contribution < 1.29 is 16.8 Å². The molecule has 0 bridgehead atoms. The normalized spacial score (nSPS) is 13.2. The number of thiazole rings is 1. The molecule has 3 aromatic rings. The summed E-state index contributed by atoms with van der Waals surface area (Å²) in [7, 11) is -7.87. The fourth-order valence-corrected chi connectivity index (χ4v) is 6.48. The van der Waals surface area contributed by atoms with Crippen LogP contribution < -0.4 is 9.94 Å². The van der Waals surface area contributed by atoms with Crippen LogP contribution in [0, 0.1) is 12.3 Å². The number of hydrogen-bond donors (Lipinski definition) is 1. The third kappa shape index (κ3) is 3.71. The summed E-state index contributed by atoms with van der Waals surface area (Å²) in [5.74, 6) is 2.43. The summed E-state index contributed by atoms with van der Waals surface area (Å²) in [5, 5.41) is 5.14. The Bertz CT molecular complexity index is 1320. The van der Waals surface area contributed by atoms with E-state index in [1.165, 1.54) is 34.9 Å². The Kier molecular flexibility index (Phi) is 5.00. The van der Waals surface area contributed by atoms with E-state index in [1.807, 2.05) is 0 Å². The van der Waals surface area contributed by atoms with Gasteiger partial charge in [0.05, 0.1) is 26.0 Å². The molecule has 26 heavy (non-hydrogen) atoms. The first-order valence-electron chi connectivity index (χ1n) is 6.78. The summed E-state index contributed by atoms with van der Waals surface area (Å²) >= 11 is 7.67. The molecule has 0 amide bonds. The molecule has 7 nitrogen and oxygen atoms in total. The van der Waals surface area contributed by atoms with Crippen LogP contribution in [0.3, 0.4) is 0 Å². The zero-order valence-electron chi connectivity index (χ0n) is 12.8. The lowest BCUT2D eigenvalue weighted by atomic mass is 10.3. The first-order valence-corrected chi connectivity index (χ1v) is 11.8. The van der Waals surface area contributed by atoms with Gasteiger partial charge in [0, 0.05) is 0 Å². The van der Waals surface area contributed by atoms with E-state index in [4.69, 9.17) is 23.2 Å². The Hall–Kier alpha value is -1.68. The average Bonchev–Trinajstić information content (AvgIpc) is 3.11. The Morgan fingerprint density at radius 2 is 1.92 bits per heavy atom. The highest BCUT2D eigenvalue weighted by atomic mass is 35.5. The largest absolute Gasteiger partial charge is 0.304 e. The number of primary sulfonamides is 1. The minimum atomic E-state index is -3.98. The average molecular weight is 448 g/mol. The van der Waals surface area contributed by atoms with Crippen LogP contribution in [0.1, 0.15) is 0 Å². The predicted octanol–water partition coefficient (Wildman–Crippen LogP) is 1.99. The SMILES string of the molecule is C#CCn1c(=NS(=O)(=O)c2ccc(Cl)s2)sc2cc(S(N)(=O)=O)ccc21. The molecule has 2 aromatic heterocycles. The van der Waals surface area contributed by atoms with Gasteiger partial charge >= 0.3 is 0 Å². The Morgan fingerprint density at radius 1 is 1.19 bits per heavy atom. The molecule has 136 valence electrons. The number of nitrogens with zero attached hydrogens (tertiary/aromatic N) is 2. The third-order valence-electron chi connectivity index (χ3n) is 3.23. The zero-order chi connectivity index (χ0) is 19.1. The molecule has 2 N–H and O–H groups in total. The van der Waals surface area contributed by atoms with Crippen LogP contribution in [0.5, 0.6) is 0 Å². The van der Waals surface area contributed by atoms with Crippen molar-refractivity contribution in [1.82, 2.24) is 4.57 Å². The van der Waals surface area contributed by atoms with Gasteiger partial charge in [-0.2, -0.15) is 8.42 Å². The minimum absolute atomic E-state index is 0.00237. The van der Waals surface area contributed by atoms with Crippen LogP contribution in [0.2, 0.25) is 4.34 Å².